The van der Waals surface area contributed by atoms with Crippen LogP contribution < -0.4 is 28.4 Å². The van der Waals surface area contributed by atoms with Crippen molar-refractivity contribution in [2.24, 2.45) is 17.8 Å². The van der Waals surface area contributed by atoms with E-state index >= 15 is 0 Å². The highest BCUT2D eigenvalue weighted by Crippen LogP contribution is 2.58. The van der Waals surface area contributed by atoms with Gasteiger partial charge in [0.05, 0.1) is 34.4 Å². The molecule has 0 amide bonds. The number of methoxy groups -OCH3 is 4. The third-order valence-corrected chi connectivity index (χ3v) is 7.50. The van der Waals surface area contributed by atoms with E-state index in [1.807, 2.05) is 26.0 Å². The molecule has 0 radical (unpaired) electrons. The smallest absolute Gasteiger partial charge is 0.309 e. The van der Waals surface area contributed by atoms with Crippen LogP contribution in [0.5, 0.6) is 34.5 Å². The Bertz CT molecular complexity index is 1140. The Labute approximate surface area is 212 Å². The lowest BCUT2D eigenvalue weighted by Crippen LogP contribution is -2.28. The molecule has 1 unspecified atom stereocenters. The standard InChI is InChI=1S/C28H36O8/c1-9-14(2)28(29)36-23-16(4)15(3)10-17-11-19(30-5)24(31-6)26(32-7)21(17)22-18(23)12-20-25(27(22)33-8)35-13-34-20/h11-12,14-16,23H,9-10,13H2,1-8H3/t14?,15-,16-,23+/m1/s1. The highest BCUT2D eigenvalue weighted by molar-refractivity contribution is 5.89. The molecular weight excluding hydrogens is 464 g/mol. The molecule has 4 rings (SSSR count). The third kappa shape index (κ3) is 4.16. The van der Waals surface area contributed by atoms with E-state index in [0.29, 0.717) is 47.3 Å². The third-order valence-electron chi connectivity index (χ3n) is 7.50. The number of hydrogen-bond donors (Lipinski definition) is 0. The molecule has 1 aliphatic heterocycles. The molecule has 4 atom stereocenters. The average Bonchev–Trinajstić information content (AvgIpc) is 3.36. The molecule has 2 aromatic rings. The van der Waals surface area contributed by atoms with Gasteiger partial charge in [-0.05, 0) is 36.5 Å². The van der Waals surface area contributed by atoms with Gasteiger partial charge < -0.3 is 33.2 Å². The minimum atomic E-state index is -0.536. The quantitative estimate of drug-likeness (QED) is 0.456. The van der Waals surface area contributed by atoms with Crippen molar-refractivity contribution >= 4 is 5.97 Å². The summed E-state index contributed by atoms with van der Waals surface area (Å²) < 4.78 is 41.1. The molecular formula is C28H36O8. The van der Waals surface area contributed by atoms with Crippen LogP contribution in [0, 0.1) is 17.8 Å². The van der Waals surface area contributed by atoms with Crippen molar-refractivity contribution in [3.05, 3.63) is 23.3 Å². The van der Waals surface area contributed by atoms with Gasteiger partial charge in [0.25, 0.3) is 0 Å². The second kappa shape index (κ2) is 10.4. The predicted molar refractivity (Wildman–Crippen MR) is 135 cm³/mol. The van der Waals surface area contributed by atoms with Gasteiger partial charge in [-0.2, -0.15) is 0 Å². The Hall–Kier alpha value is -3.29. The van der Waals surface area contributed by atoms with Crippen molar-refractivity contribution in [2.45, 2.75) is 46.6 Å². The predicted octanol–water partition coefficient (Wildman–Crippen LogP) is 5.58. The molecule has 36 heavy (non-hydrogen) atoms. The van der Waals surface area contributed by atoms with E-state index in [9.17, 15) is 4.79 Å². The summed E-state index contributed by atoms with van der Waals surface area (Å²) in [5.74, 6) is 2.82. The fourth-order valence-electron chi connectivity index (χ4n) is 5.04. The topological polar surface area (TPSA) is 81.7 Å². The van der Waals surface area contributed by atoms with Gasteiger partial charge in [-0.15, -0.1) is 0 Å². The number of benzene rings is 2. The molecule has 0 bridgehead atoms. The van der Waals surface area contributed by atoms with Crippen molar-refractivity contribution in [1.82, 2.24) is 0 Å². The molecule has 0 spiro atoms. The summed E-state index contributed by atoms with van der Waals surface area (Å²) in [6, 6.07) is 3.89. The average molecular weight is 501 g/mol. The zero-order valence-electron chi connectivity index (χ0n) is 22.4. The molecule has 0 fully saturated rings. The summed E-state index contributed by atoms with van der Waals surface area (Å²) in [7, 11) is 6.38. The molecule has 8 heteroatoms. The van der Waals surface area contributed by atoms with Crippen LogP contribution in [0.15, 0.2) is 12.1 Å². The van der Waals surface area contributed by atoms with Crippen LogP contribution in [0.4, 0.5) is 0 Å². The monoisotopic (exact) mass is 500 g/mol. The maximum atomic E-state index is 13.1. The normalized spacial score (nSPS) is 20.8. The highest BCUT2D eigenvalue weighted by Gasteiger charge is 2.40. The SMILES string of the molecule is CCC(C)C(=O)O[C@@H]1c2cc3c(c(OC)c2-c2c(cc(OC)c(OC)c2OC)C[C@@H](C)[C@H]1C)OCO3. The molecule has 2 aromatic carbocycles. The van der Waals surface area contributed by atoms with Gasteiger partial charge in [-0.3, -0.25) is 4.79 Å². The lowest BCUT2D eigenvalue weighted by Gasteiger charge is -2.35. The van der Waals surface area contributed by atoms with Crippen LogP contribution in [0.3, 0.4) is 0 Å². The van der Waals surface area contributed by atoms with E-state index in [-0.39, 0.29) is 30.5 Å². The Balaban J connectivity index is 2.10. The summed E-state index contributed by atoms with van der Waals surface area (Å²) in [6.45, 7) is 8.22. The first-order valence-corrected chi connectivity index (χ1v) is 12.3. The van der Waals surface area contributed by atoms with Gasteiger partial charge in [0.2, 0.25) is 18.3 Å². The maximum absolute atomic E-state index is 13.1. The van der Waals surface area contributed by atoms with Gasteiger partial charge in [0, 0.05) is 22.6 Å². The molecule has 0 aromatic heterocycles. The lowest BCUT2D eigenvalue weighted by atomic mass is 9.75. The van der Waals surface area contributed by atoms with E-state index in [0.717, 1.165) is 22.3 Å². The fourth-order valence-corrected chi connectivity index (χ4v) is 5.04. The number of fused-ring (bicyclic) bond motifs is 4. The van der Waals surface area contributed by atoms with Crippen LogP contribution in [-0.4, -0.2) is 41.2 Å². The lowest BCUT2D eigenvalue weighted by molar-refractivity contribution is -0.157. The maximum Gasteiger partial charge on any atom is 0.309 e. The number of hydrogen-bond acceptors (Lipinski definition) is 8. The van der Waals surface area contributed by atoms with Crippen LogP contribution in [-0.2, 0) is 16.0 Å². The summed E-state index contributed by atoms with van der Waals surface area (Å²) in [5.41, 5.74) is 3.31. The van der Waals surface area contributed by atoms with E-state index < -0.39 is 6.10 Å². The Morgan fingerprint density at radius 1 is 0.972 bits per heavy atom. The van der Waals surface area contributed by atoms with E-state index in [2.05, 4.69) is 13.8 Å². The second-order valence-electron chi connectivity index (χ2n) is 9.49. The summed E-state index contributed by atoms with van der Waals surface area (Å²) in [4.78, 5) is 13.1. The molecule has 0 saturated heterocycles. The highest BCUT2D eigenvalue weighted by atomic mass is 16.7. The summed E-state index contributed by atoms with van der Waals surface area (Å²) >= 11 is 0. The van der Waals surface area contributed by atoms with Crippen LogP contribution in [0.25, 0.3) is 11.1 Å². The van der Waals surface area contributed by atoms with Crippen molar-refractivity contribution in [2.75, 3.05) is 35.2 Å². The first kappa shape index (κ1) is 25.8. The van der Waals surface area contributed by atoms with Gasteiger partial charge >= 0.3 is 5.97 Å². The minimum Gasteiger partial charge on any atom is -0.493 e. The Morgan fingerprint density at radius 2 is 1.67 bits per heavy atom. The van der Waals surface area contributed by atoms with Gasteiger partial charge in [-0.25, -0.2) is 0 Å². The van der Waals surface area contributed by atoms with E-state index in [1.165, 1.54) is 0 Å². The first-order chi connectivity index (χ1) is 17.3. The molecule has 196 valence electrons. The molecule has 0 N–H and O–H groups in total. The fraction of sp³-hybridized carbons (Fsp3) is 0.536. The number of carbonyl (C=O) groups excluding carboxylic acids is 1. The van der Waals surface area contributed by atoms with Crippen molar-refractivity contribution in [1.29, 1.82) is 0 Å². The molecule has 8 nitrogen and oxygen atoms in total. The minimum absolute atomic E-state index is 0.00549. The zero-order valence-corrected chi connectivity index (χ0v) is 22.4. The van der Waals surface area contributed by atoms with Gasteiger partial charge in [0.1, 0.15) is 6.10 Å². The number of esters is 1. The van der Waals surface area contributed by atoms with Gasteiger partial charge in [-0.1, -0.05) is 27.7 Å². The molecule has 1 aliphatic carbocycles. The van der Waals surface area contributed by atoms with Crippen molar-refractivity contribution in [3.8, 4) is 45.6 Å². The number of rotatable bonds is 7. The van der Waals surface area contributed by atoms with Crippen LogP contribution >= 0.6 is 0 Å². The van der Waals surface area contributed by atoms with Gasteiger partial charge in [0.15, 0.2) is 23.0 Å². The van der Waals surface area contributed by atoms with Crippen molar-refractivity contribution < 1.29 is 38.0 Å². The van der Waals surface area contributed by atoms with E-state index in [4.69, 9.17) is 33.2 Å². The second-order valence-corrected chi connectivity index (χ2v) is 9.49. The van der Waals surface area contributed by atoms with Crippen LogP contribution in [0.2, 0.25) is 0 Å². The number of carbonyl (C=O) groups is 1. The summed E-state index contributed by atoms with van der Waals surface area (Å²) in [6.07, 6.45) is 0.855. The molecule has 2 aliphatic rings. The summed E-state index contributed by atoms with van der Waals surface area (Å²) in [5, 5.41) is 0. The zero-order chi connectivity index (χ0) is 26.1. The number of ether oxygens (including phenoxy) is 7. The van der Waals surface area contributed by atoms with Crippen molar-refractivity contribution in [3.63, 3.8) is 0 Å². The van der Waals surface area contributed by atoms with E-state index in [1.54, 1.807) is 28.4 Å². The first-order valence-electron chi connectivity index (χ1n) is 12.3. The Kier molecular flexibility index (Phi) is 7.43. The molecule has 0 saturated carbocycles. The largest absolute Gasteiger partial charge is 0.493 e. The Morgan fingerprint density at radius 3 is 2.28 bits per heavy atom. The molecule has 1 heterocycles. The van der Waals surface area contributed by atoms with Crippen LogP contribution in [0.1, 0.15) is 51.3 Å².